The molecule has 0 bridgehead atoms. The van der Waals surface area contributed by atoms with Crippen LogP contribution in [0.15, 0.2) is 48.5 Å². The Morgan fingerprint density at radius 1 is 1.08 bits per heavy atom. The number of carbonyl (C=O) groups is 2. The maximum absolute atomic E-state index is 12.3. The molecule has 1 amide bonds. The fourth-order valence-corrected chi connectivity index (χ4v) is 2.46. The zero-order valence-corrected chi connectivity index (χ0v) is 14.7. The summed E-state index contributed by atoms with van der Waals surface area (Å²) in [5.74, 6) is -0.243. The summed E-state index contributed by atoms with van der Waals surface area (Å²) in [6.45, 7) is 6.09. The summed E-state index contributed by atoms with van der Waals surface area (Å²) in [5, 5.41) is 11.8. The van der Waals surface area contributed by atoms with Crippen LogP contribution in [0.25, 0.3) is 0 Å². The molecule has 0 heterocycles. The van der Waals surface area contributed by atoms with Crippen molar-refractivity contribution in [3.05, 3.63) is 65.2 Å². The van der Waals surface area contributed by atoms with Crippen molar-refractivity contribution in [2.75, 3.05) is 0 Å². The Balaban J connectivity index is 1.97. The highest BCUT2D eigenvalue weighted by Crippen LogP contribution is 2.26. The maximum atomic E-state index is 12.3. The molecule has 0 saturated heterocycles. The van der Waals surface area contributed by atoms with Crippen molar-refractivity contribution in [3.8, 4) is 5.75 Å². The van der Waals surface area contributed by atoms with Crippen LogP contribution in [0.3, 0.4) is 0 Å². The number of hydrogen-bond donors (Lipinski definition) is 2. The van der Waals surface area contributed by atoms with Crippen LogP contribution in [0.1, 0.15) is 48.2 Å². The largest absolute Gasteiger partial charge is 0.481 e. The average Bonchev–Trinajstić information content (AvgIpc) is 2.60. The first-order valence-corrected chi connectivity index (χ1v) is 8.24. The lowest BCUT2D eigenvalue weighted by atomic mass is 10.0. The minimum Gasteiger partial charge on any atom is -0.481 e. The molecule has 0 radical (unpaired) electrons. The van der Waals surface area contributed by atoms with Crippen LogP contribution in [0, 0.1) is 0 Å². The van der Waals surface area contributed by atoms with Crippen molar-refractivity contribution < 1.29 is 19.4 Å². The van der Waals surface area contributed by atoms with E-state index in [-0.39, 0.29) is 18.0 Å². The number of amides is 1. The molecule has 0 aliphatic rings. The zero-order chi connectivity index (χ0) is 18.4. The molecule has 0 aromatic heterocycles. The van der Waals surface area contributed by atoms with Gasteiger partial charge in [0.2, 0.25) is 0 Å². The summed E-state index contributed by atoms with van der Waals surface area (Å²) in [6, 6.07) is 14.2. The number of rotatable bonds is 7. The van der Waals surface area contributed by atoms with E-state index in [0.717, 1.165) is 11.1 Å². The average molecular weight is 341 g/mol. The fourth-order valence-electron chi connectivity index (χ4n) is 2.46. The summed E-state index contributed by atoms with van der Waals surface area (Å²) in [5.41, 5.74) is 1.97. The van der Waals surface area contributed by atoms with Gasteiger partial charge in [-0.25, -0.2) is 4.79 Å². The third-order valence-electron chi connectivity index (χ3n) is 3.85. The van der Waals surface area contributed by atoms with E-state index in [4.69, 9.17) is 9.84 Å². The van der Waals surface area contributed by atoms with E-state index in [1.54, 1.807) is 25.1 Å². The van der Waals surface area contributed by atoms with Crippen molar-refractivity contribution in [1.29, 1.82) is 0 Å². The number of aromatic carboxylic acids is 1. The summed E-state index contributed by atoms with van der Waals surface area (Å²) in [7, 11) is 0. The van der Waals surface area contributed by atoms with Gasteiger partial charge in [-0.05, 0) is 42.2 Å². The smallest absolute Gasteiger partial charge is 0.335 e. The second-order valence-corrected chi connectivity index (χ2v) is 6.18. The van der Waals surface area contributed by atoms with E-state index < -0.39 is 12.1 Å². The van der Waals surface area contributed by atoms with Crippen molar-refractivity contribution in [3.63, 3.8) is 0 Å². The van der Waals surface area contributed by atoms with E-state index in [9.17, 15) is 9.59 Å². The minimum atomic E-state index is -0.991. The molecule has 132 valence electrons. The van der Waals surface area contributed by atoms with E-state index in [0.29, 0.717) is 11.7 Å². The van der Waals surface area contributed by atoms with Crippen molar-refractivity contribution in [1.82, 2.24) is 5.32 Å². The molecule has 0 spiro atoms. The second kappa shape index (κ2) is 8.33. The monoisotopic (exact) mass is 341 g/mol. The van der Waals surface area contributed by atoms with E-state index in [2.05, 4.69) is 19.2 Å². The normalized spacial score (nSPS) is 11.8. The molecule has 2 N–H and O–H groups in total. The standard InChI is InChI=1S/C20H23NO4/c1-13(2)17-9-4-5-10-18(17)25-14(3)19(22)21-12-15-7-6-8-16(11-15)20(23)24/h4-11,13-14H,12H2,1-3H3,(H,21,22)(H,23,24). The highest BCUT2D eigenvalue weighted by Gasteiger charge is 2.17. The van der Waals surface area contributed by atoms with Gasteiger partial charge in [0.15, 0.2) is 6.10 Å². The lowest BCUT2D eigenvalue weighted by molar-refractivity contribution is -0.127. The number of ether oxygens (including phenoxy) is 1. The lowest BCUT2D eigenvalue weighted by Gasteiger charge is -2.18. The van der Waals surface area contributed by atoms with Crippen LogP contribution in [0.5, 0.6) is 5.75 Å². The van der Waals surface area contributed by atoms with E-state index in [1.807, 2.05) is 24.3 Å². The molecule has 0 fully saturated rings. The molecule has 0 saturated carbocycles. The Morgan fingerprint density at radius 3 is 2.48 bits per heavy atom. The van der Waals surface area contributed by atoms with Gasteiger partial charge in [-0.2, -0.15) is 0 Å². The van der Waals surface area contributed by atoms with Gasteiger partial charge in [-0.15, -0.1) is 0 Å². The van der Waals surface area contributed by atoms with Gasteiger partial charge in [0.25, 0.3) is 5.91 Å². The molecule has 1 atom stereocenters. The van der Waals surface area contributed by atoms with Crippen molar-refractivity contribution in [2.45, 2.75) is 39.3 Å². The molecule has 2 aromatic rings. The molecule has 1 unspecified atom stereocenters. The predicted molar refractivity (Wildman–Crippen MR) is 95.9 cm³/mol. The highest BCUT2D eigenvalue weighted by atomic mass is 16.5. The van der Waals surface area contributed by atoms with Crippen LogP contribution < -0.4 is 10.1 Å². The zero-order valence-electron chi connectivity index (χ0n) is 14.7. The van der Waals surface area contributed by atoms with Crippen LogP contribution in [-0.2, 0) is 11.3 Å². The lowest BCUT2D eigenvalue weighted by Crippen LogP contribution is -2.36. The highest BCUT2D eigenvalue weighted by molar-refractivity contribution is 5.87. The molecule has 2 rings (SSSR count). The number of nitrogens with one attached hydrogen (secondary N) is 1. The molecule has 2 aromatic carbocycles. The summed E-state index contributed by atoms with van der Waals surface area (Å²) < 4.78 is 5.81. The SMILES string of the molecule is CC(Oc1ccccc1C(C)C)C(=O)NCc1cccc(C(=O)O)c1. The van der Waals surface area contributed by atoms with Gasteiger partial charge in [0.1, 0.15) is 5.75 Å². The van der Waals surface area contributed by atoms with Crippen molar-refractivity contribution in [2.24, 2.45) is 0 Å². The molecule has 5 heteroatoms. The summed E-state index contributed by atoms with van der Waals surface area (Å²) in [4.78, 5) is 23.3. The third-order valence-corrected chi connectivity index (χ3v) is 3.85. The first-order valence-electron chi connectivity index (χ1n) is 8.24. The Kier molecular flexibility index (Phi) is 6.17. The van der Waals surface area contributed by atoms with Crippen LogP contribution in [0.2, 0.25) is 0 Å². The van der Waals surface area contributed by atoms with Crippen LogP contribution >= 0.6 is 0 Å². The van der Waals surface area contributed by atoms with E-state index >= 15 is 0 Å². The molecule has 0 aliphatic heterocycles. The minimum absolute atomic E-state index is 0.196. The summed E-state index contributed by atoms with van der Waals surface area (Å²) in [6.07, 6.45) is -0.650. The molecule has 5 nitrogen and oxygen atoms in total. The number of benzene rings is 2. The molecular weight excluding hydrogens is 318 g/mol. The summed E-state index contributed by atoms with van der Waals surface area (Å²) >= 11 is 0. The van der Waals surface area contributed by atoms with Gasteiger partial charge < -0.3 is 15.2 Å². The van der Waals surface area contributed by atoms with Gasteiger partial charge in [0.05, 0.1) is 5.56 Å². The molecule has 25 heavy (non-hydrogen) atoms. The Bertz CT molecular complexity index is 755. The van der Waals surface area contributed by atoms with Gasteiger partial charge >= 0.3 is 5.97 Å². The second-order valence-electron chi connectivity index (χ2n) is 6.18. The van der Waals surface area contributed by atoms with Gasteiger partial charge in [0, 0.05) is 6.54 Å². The number of carboxylic acid groups (broad SMARTS) is 1. The number of carboxylic acids is 1. The maximum Gasteiger partial charge on any atom is 0.335 e. The first-order chi connectivity index (χ1) is 11.9. The number of carbonyl (C=O) groups excluding carboxylic acids is 1. The third kappa shape index (κ3) is 5.08. The molecular formula is C20H23NO4. The quantitative estimate of drug-likeness (QED) is 0.807. The Hall–Kier alpha value is -2.82. The topological polar surface area (TPSA) is 75.6 Å². The first kappa shape index (κ1) is 18.5. The van der Waals surface area contributed by atoms with E-state index in [1.165, 1.54) is 6.07 Å². The fraction of sp³-hybridized carbons (Fsp3) is 0.300. The van der Waals surface area contributed by atoms with Gasteiger partial charge in [-0.1, -0.05) is 44.2 Å². The Morgan fingerprint density at radius 2 is 1.80 bits per heavy atom. The Labute approximate surface area is 147 Å². The number of hydrogen-bond acceptors (Lipinski definition) is 3. The van der Waals surface area contributed by atoms with Crippen LogP contribution in [-0.4, -0.2) is 23.1 Å². The van der Waals surface area contributed by atoms with Crippen molar-refractivity contribution >= 4 is 11.9 Å². The van der Waals surface area contributed by atoms with Crippen LogP contribution in [0.4, 0.5) is 0 Å². The molecule has 0 aliphatic carbocycles. The predicted octanol–water partition coefficient (Wildman–Crippen LogP) is 3.59. The number of para-hydroxylation sites is 1. The van der Waals surface area contributed by atoms with Gasteiger partial charge in [-0.3, -0.25) is 4.79 Å².